The van der Waals surface area contributed by atoms with E-state index in [-0.39, 0.29) is 76.4 Å². The molecule has 0 radical (unpaired) electrons. The number of carbonyl (C=O) groups is 16. The van der Waals surface area contributed by atoms with E-state index in [2.05, 4.69) is 84.4 Å². The number of guanidine groups is 2. The van der Waals surface area contributed by atoms with E-state index in [0.717, 1.165) is 28.5 Å². The van der Waals surface area contributed by atoms with Crippen molar-refractivity contribution in [3.63, 3.8) is 0 Å². The molecule has 0 aromatic heterocycles. The summed E-state index contributed by atoms with van der Waals surface area (Å²) in [6, 6.07) is -5.05. The first kappa shape index (κ1) is 94.3. The van der Waals surface area contributed by atoms with Crippen LogP contribution in [0.3, 0.4) is 0 Å². The van der Waals surface area contributed by atoms with Gasteiger partial charge >= 0.3 is 11.9 Å². The van der Waals surface area contributed by atoms with Gasteiger partial charge in [-0.2, -0.15) is 0 Å². The largest absolute Gasteiger partial charge is 0.481 e. The van der Waals surface area contributed by atoms with Crippen LogP contribution in [0.2, 0.25) is 0 Å². The van der Waals surface area contributed by atoms with Gasteiger partial charge < -0.3 is 124 Å². The first-order chi connectivity index (χ1) is 52.5. The number of aliphatic hydroxyl groups excluding tert-OH is 2. The predicted molar refractivity (Wildman–Crippen MR) is 407 cm³/mol. The molecule has 1 heterocycles. The lowest BCUT2D eigenvalue weighted by Crippen LogP contribution is -2.61. The van der Waals surface area contributed by atoms with E-state index in [9.17, 15) is 97.1 Å². The number of carboxylic acid groups (broad SMARTS) is 2. The summed E-state index contributed by atoms with van der Waals surface area (Å²) in [5.74, 6) is -21.1. The average molecular weight is 1600 g/mol. The quantitative estimate of drug-likeness (QED) is 0.0156. The van der Waals surface area contributed by atoms with Crippen LogP contribution >= 0.6 is 21.6 Å². The smallest absolute Gasteiger partial charge is 0.326 e. The number of rotatable bonds is 29. The van der Waals surface area contributed by atoms with Gasteiger partial charge in [0.1, 0.15) is 78.5 Å². The number of nitrogens with one attached hydrogen (secondary N) is 14. The molecule has 0 spiro atoms. The number of amides is 14. The van der Waals surface area contributed by atoms with Gasteiger partial charge in [0, 0.05) is 37.4 Å². The molecule has 111 heavy (non-hydrogen) atoms. The highest BCUT2D eigenvalue weighted by atomic mass is 33.1. The number of aliphatic carboxylic acids is 2. The third-order valence-corrected chi connectivity index (χ3v) is 19.5. The van der Waals surface area contributed by atoms with Gasteiger partial charge in [0.2, 0.25) is 82.7 Å². The fraction of sp³-hybridized carbons (Fsp3) is 0.559. The fourth-order valence-electron chi connectivity index (χ4n) is 10.3. The standard InChI is InChI=1S/C68H105N21O20S2/c1-7-34(3)52-65(107)87-48(63(105)83-44(26-39-19-13-10-14-20-39)60(102)81-42(66(108)109)22-16-24-75-68(72)73)33-111-110-32-47(86-61(103)46(31-91)85-56(98)40(69)30-90)62(104)79-36(5)54(96)82-43(25-38-17-11-9-12-18-38)57(99)77-28-49(92)76-29-50(93)80-41(21-15-23-74-67(70)71)58(100)89-53(35(4)8-2)64(106)84-45(27-51(94)95)59(101)78-37(6)55(97)88-52/h9-14,17-20,34-37,40-48,52-53,90-91H,7-8,15-16,21-33,69H2,1-6H3,(H,76,92)(H,77,99)(H,78,101)(H,79,104)(H,80,93)(H,81,102)(H,82,96)(H,83,105)(H,84,106)(H,85,98)(H,86,103)(H,87,107)(H,88,97)(H,89,100)(H,94,95)(H,108,109)(H4,70,71,74)(H4,72,73,75)/t34-,35-,36+,37-,40-,41-,42-,43-,44-,45-,46-,47-,48?,52-,53?/m0/s1. The van der Waals surface area contributed by atoms with Crippen molar-refractivity contribution >= 4 is 128 Å². The maximum Gasteiger partial charge on any atom is 0.326 e. The van der Waals surface area contributed by atoms with Gasteiger partial charge in [-0.15, -0.1) is 0 Å². The Hall–Kier alpha value is -10.9. The van der Waals surface area contributed by atoms with Crippen LogP contribution in [0.5, 0.6) is 0 Å². The molecule has 0 aliphatic carbocycles. The number of carbonyl (C=O) groups excluding carboxylic acids is 14. The number of hydrogen-bond donors (Lipinski definition) is 23. The van der Waals surface area contributed by atoms with Crippen molar-refractivity contribution in [3.05, 3.63) is 71.8 Å². The van der Waals surface area contributed by atoms with Crippen molar-refractivity contribution < 1.29 is 97.1 Å². The molecule has 28 N–H and O–H groups in total. The molecular weight excluding hydrogens is 1500 g/mol. The van der Waals surface area contributed by atoms with Crippen LogP contribution in [0.15, 0.2) is 70.6 Å². The maximum atomic E-state index is 15.0. The number of benzene rings is 2. The molecule has 1 fully saturated rings. The molecule has 614 valence electrons. The summed E-state index contributed by atoms with van der Waals surface area (Å²) >= 11 is 0. The second kappa shape index (κ2) is 49.3. The highest BCUT2D eigenvalue weighted by Gasteiger charge is 2.39. The maximum absolute atomic E-state index is 15.0. The van der Waals surface area contributed by atoms with Gasteiger partial charge in [0.05, 0.1) is 32.7 Å². The lowest BCUT2D eigenvalue weighted by Gasteiger charge is -2.29. The molecule has 43 heteroatoms. The van der Waals surface area contributed by atoms with Crippen LogP contribution in [0, 0.1) is 11.8 Å². The normalized spacial score (nSPS) is 22.5. The van der Waals surface area contributed by atoms with Gasteiger partial charge in [0.15, 0.2) is 11.9 Å². The molecular formula is C68H105N21O20S2. The lowest BCUT2D eigenvalue weighted by atomic mass is 9.96. The van der Waals surface area contributed by atoms with Crippen LogP contribution in [0.4, 0.5) is 0 Å². The fourth-order valence-corrected chi connectivity index (χ4v) is 12.6. The summed E-state index contributed by atoms with van der Waals surface area (Å²) in [6.07, 6.45) is -1.50. The van der Waals surface area contributed by atoms with Gasteiger partial charge in [-0.3, -0.25) is 81.9 Å². The molecule has 3 rings (SSSR count). The minimum Gasteiger partial charge on any atom is -0.481 e. The van der Waals surface area contributed by atoms with Crippen molar-refractivity contribution in [2.75, 3.05) is 50.9 Å². The Balaban J connectivity index is 2.29. The Morgan fingerprint density at radius 3 is 1.60 bits per heavy atom. The number of nitrogens with two attached hydrogens (primary N) is 5. The highest BCUT2D eigenvalue weighted by Crippen LogP contribution is 2.24. The minimum absolute atomic E-state index is 0.0146. The van der Waals surface area contributed by atoms with Crippen LogP contribution < -0.4 is 103 Å². The summed E-state index contributed by atoms with van der Waals surface area (Å²) < 4.78 is 0. The van der Waals surface area contributed by atoms with E-state index in [1.165, 1.54) is 13.8 Å². The average Bonchev–Trinajstić information content (AvgIpc) is 0.860. The van der Waals surface area contributed by atoms with Crippen LogP contribution in [0.1, 0.15) is 97.6 Å². The van der Waals surface area contributed by atoms with E-state index in [4.69, 9.17) is 28.7 Å². The summed E-state index contributed by atoms with van der Waals surface area (Å²) in [5.41, 5.74) is 28.5. The molecule has 14 amide bonds. The topological polar surface area (TPSA) is 677 Å². The Morgan fingerprint density at radius 2 is 1.05 bits per heavy atom. The number of carboxylic acids is 2. The molecule has 2 unspecified atom stereocenters. The van der Waals surface area contributed by atoms with Crippen LogP contribution in [0.25, 0.3) is 0 Å². The van der Waals surface area contributed by atoms with E-state index in [1.54, 1.807) is 81.4 Å². The Labute approximate surface area is 648 Å². The van der Waals surface area contributed by atoms with Gasteiger partial charge in [-0.25, -0.2) is 4.79 Å². The van der Waals surface area contributed by atoms with Gasteiger partial charge in [0.25, 0.3) is 0 Å². The molecule has 2 aromatic carbocycles. The number of aliphatic hydroxyl groups is 2. The molecule has 0 saturated carbocycles. The summed E-state index contributed by atoms with van der Waals surface area (Å²) in [4.78, 5) is 230. The number of nitrogens with zero attached hydrogens (tertiary/aromatic N) is 2. The van der Waals surface area contributed by atoms with Gasteiger partial charge in [-0.1, -0.05) is 123 Å². The van der Waals surface area contributed by atoms with E-state index < -0.39 is 229 Å². The molecule has 15 atom stereocenters. The predicted octanol–water partition coefficient (Wildman–Crippen LogP) is -7.97. The Kier molecular flexibility index (Phi) is 41.9. The first-order valence-corrected chi connectivity index (χ1v) is 38.0. The Bertz CT molecular complexity index is 3580. The molecule has 2 aromatic rings. The van der Waals surface area contributed by atoms with E-state index in [0.29, 0.717) is 11.1 Å². The summed E-state index contributed by atoms with van der Waals surface area (Å²) in [5, 5.41) is 74.0. The van der Waals surface area contributed by atoms with Crippen molar-refractivity contribution in [2.24, 2.45) is 50.5 Å². The minimum atomic E-state index is -1.95. The van der Waals surface area contributed by atoms with Crippen molar-refractivity contribution in [1.82, 2.24) is 74.4 Å². The number of hydrogen-bond acceptors (Lipinski definition) is 23. The van der Waals surface area contributed by atoms with E-state index in [1.807, 2.05) is 0 Å². The van der Waals surface area contributed by atoms with Crippen LogP contribution in [-0.4, -0.2) is 256 Å². The zero-order valence-corrected chi connectivity index (χ0v) is 64.0. The molecule has 1 saturated heterocycles. The SMILES string of the molecule is CC[C@H](C)C1NC(=O)[C@H](CCCN=C(N)N)NC(=O)CNC(=O)CNC(=O)[C@H](Cc2ccccc2)NC(=O)[C@@H](C)NC(=O)[C@@H](NC(=O)[C@H](CO)NC(=O)[C@@H](N)CO)CSSCC(C(=O)N[C@@H](Cc2ccccc2)C(=O)N[C@@H](CCCN=C(N)N)C(=O)O)NC(=O)[C@H]([C@@H](C)CC)NC(=O)[C@H](C)NC(=O)[C@H](CC(=O)O)NC1=O. The van der Waals surface area contributed by atoms with Crippen LogP contribution in [-0.2, 0) is 89.6 Å². The lowest BCUT2D eigenvalue weighted by molar-refractivity contribution is -0.142. The third kappa shape index (κ3) is 34.7. The Morgan fingerprint density at radius 1 is 0.532 bits per heavy atom. The zero-order chi connectivity index (χ0) is 83.0. The highest BCUT2D eigenvalue weighted by molar-refractivity contribution is 8.76. The van der Waals surface area contributed by atoms with Crippen molar-refractivity contribution in [1.29, 1.82) is 0 Å². The zero-order valence-electron chi connectivity index (χ0n) is 62.4. The number of aliphatic imine (C=N–C) groups is 2. The second-order valence-electron chi connectivity index (χ2n) is 26.0. The van der Waals surface area contributed by atoms with E-state index >= 15 is 0 Å². The molecule has 41 nitrogen and oxygen atoms in total. The van der Waals surface area contributed by atoms with Crippen molar-refractivity contribution in [2.45, 2.75) is 178 Å². The second-order valence-corrected chi connectivity index (χ2v) is 28.6. The first-order valence-electron chi connectivity index (χ1n) is 35.6. The third-order valence-electron chi connectivity index (χ3n) is 17.1. The summed E-state index contributed by atoms with van der Waals surface area (Å²) in [6.45, 7) is 5.06. The monoisotopic (exact) mass is 1600 g/mol. The molecule has 1 aliphatic rings. The van der Waals surface area contributed by atoms with Gasteiger partial charge in [-0.05, 0) is 62.5 Å². The molecule has 1 aliphatic heterocycles. The summed E-state index contributed by atoms with van der Waals surface area (Å²) in [7, 11) is 1.51. The van der Waals surface area contributed by atoms with Crippen molar-refractivity contribution in [3.8, 4) is 0 Å². The molecule has 0 bridgehead atoms.